The highest BCUT2D eigenvalue weighted by molar-refractivity contribution is 7.15. The summed E-state index contributed by atoms with van der Waals surface area (Å²) in [5.41, 5.74) is 0. The minimum absolute atomic E-state index is 0.0667. The molecule has 0 aliphatic heterocycles. The van der Waals surface area contributed by atoms with Crippen molar-refractivity contribution in [3.8, 4) is 0 Å². The van der Waals surface area contributed by atoms with Crippen molar-refractivity contribution in [2.75, 3.05) is 11.9 Å². The van der Waals surface area contributed by atoms with E-state index in [9.17, 15) is 0 Å². The van der Waals surface area contributed by atoms with E-state index >= 15 is 0 Å². The lowest BCUT2D eigenvalue weighted by atomic mass is 9.82. The standard InChI is InChI=1S/C8H13N3OS/c1-5-10-11-8(13-5)9-4-6-2-7(12)3-6/h6-7,12H,2-4H2,1H3,(H,9,11). The molecule has 1 heterocycles. The summed E-state index contributed by atoms with van der Waals surface area (Å²) in [6.07, 6.45) is 1.78. The van der Waals surface area contributed by atoms with Crippen LogP contribution in [0.4, 0.5) is 5.13 Å². The van der Waals surface area contributed by atoms with Gasteiger partial charge >= 0.3 is 0 Å². The van der Waals surface area contributed by atoms with Gasteiger partial charge in [-0.1, -0.05) is 11.3 Å². The molecule has 1 aliphatic rings. The molecule has 13 heavy (non-hydrogen) atoms. The van der Waals surface area contributed by atoms with Crippen LogP contribution in [-0.2, 0) is 0 Å². The highest BCUT2D eigenvalue weighted by Crippen LogP contribution is 2.27. The third-order valence-corrected chi connectivity index (χ3v) is 3.08. The fourth-order valence-electron chi connectivity index (χ4n) is 1.47. The molecule has 0 aromatic carbocycles. The van der Waals surface area contributed by atoms with E-state index in [4.69, 9.17) is 5.11 Å². The Hall–Kier alpha value is -0.680. The Kier molecular flexibility index (Phi) is 2.46. The number of aliphatic hydroxyl groups excluding tert-OH is 1. The highest BCUT2D eigenvalue weighted by atomic mass is 32.1. The van der Waals surface area contributed by atoms with Crippen molar-refractivity contribution in [3.05, 3.63) is 5.01 Å². The molecule has 0 saturated heterocycles. The highest BCUT2D eigenvalue weighted by Gasteiger charge is 2.26. The average Bonchev–Trinajstić information content (AvgIpc) is 2.43. The lowest BCUT2D eigenvalue weighted by Gasteiger charge is -2.31. The Morgan fingerprint density at radius 1 is 1.54 bits per heavy atom. The van der Waals surface area contributed by atoms with Gasteiger partial charge in [0.25, 0.3) is 0 Å². The molecular formula is C8H13N3OS. The number of rotatable bonds is 3. The second-order valence-corrected chi connectivity index (χ2v) is 4.68. The first kappa shape index (κ1) is 8.90. The van der Waals surface area contributed by atoms with E-state index in [1.807, 2.05) is 6.92 Å². The van der Waals surface area contributed by atoms with Gasteiger partial charge in [-0.25, -0.2) is 0 Å². The summed E-state index contributed by atoms with van der Waals surface area (Å²) in [5, 5.41) is 22.0. The van der Waals surface area contributed by atoms with Crippen molar-refractivity contribution >= 4 is 16.5 Å². The Morgan fingerprint density at radius 2 is 2.31 bits per heavy atom. The molecule has 1 aromatic rings. The van der Waals surface area contributed by atoms with Crippen LogP contribution < -0.4 is 5.32 Å². The van der Waals surface area contributed by atoms with Gasteiger partial charge in [0.1, 0.15) is 5.01 Å². The maximum absolute atomic E-state index is 9.07. The second-order valence-electron chi connectivity index (χ2n) is 3.50. The molecule has 0 bridgehead atoms. The fourth-order valence-corrected chi connectivity index (χ4v) is 2.07. The van der Waals surface area contributed by atoms with Gasteiger partial charge < -0.3 is 10.4 Å². The summed E-state index contributed by atoms with van der Waals surface area (Å²) >= 11 is 1.57. The Bertz CT molecular complexity index is 283. The number of nitrogens with zero attached hydrogens (tertiary/aromatic N) is 2. The number of nitrogens with one attached hydrogen (secondary N) is 1. The predicted octanol–water partition coefficient (Wildman–Crippen LogP) is 1.03. The van der Waals surface area contributed by atoms with Crippen LogP contribution in [0.15, 0.2) is 0 Å². The van der Waals surface area contributed by atoms with Crippen LogP contribution in [0, 0.1) is 12.8 Å². The smallest absolute Gasteiger partial charge is 0.205 e. The first-order valence-corrected chi connectivity index (χ1v) is 5.27. The van der Waals surface area contributed by atoms with Crippen LogP contribution in [0.5, 0.6) is 0 Å². The number of anilines is 1. The first-order valence-electron chi connectivity index (χ1n) is 4.46. The second kappa shape index (κ2) is 3.59. The van der Waals surface area contributed by atoms with Gasteiger partial charge in [-0.2, -0.15) is 0 Å². The Labute approximate surface area is 81.0 Å². The summed E-state index contributed by atoms with van der Waals surface area (Å²) in [5.74, 6) is 0.610. The van der Waals surface area contributed by atoms with Crippen LogP contribution >= 0.6 is 11.3 Å². The molecule has 1 saturated carbocycles. The van der Waals surface area contributed by atoms with E-state index in [1.165, 1.54) is 0 Å². The normalized spacial score (nSPS) is 26.9. The van der Waals surface area contributed by atoms with Crippen LogP contribution in [0.1, 0.15) is 17.8 Å². The monoisotopic (exact) mass is 199 g/mol. The zero-order valence-electron chi connectivity index (χ0n) is 7.53. The van der Waals surface area contributed by atoms with E-state index in [1.54, 1.807) is 11.3 Å². The molecule has 2 rings (SSSR count). The molecule has 2 N–H and O–H groups in total. The third kappa shape index (κ3) is 2.16. The van der Waals surface area contributed by atoms with Crippen molar-refractivity contribution in [3.63, 3.8) is 0 Å². The molecule has 0 atom stereocenters. The number of aliphatic hydroxyl groups is 1. The van der Waals surface area contributed by atoms with Gasteiger partial charge in [0.15, 0.2) is 0 Å². The summed E-state index contributed by atoms with van der Waals surface area (Å²) in [6, 6.07) is 0. The van der Waals surface area contributed by atoms with Crippen molar-refractivity contribution in [2.24, 2.45) is 5.92 Å². The number of aryl methyl sites for hydroxylation is 1. The lowest BCUT2D eigenvalue weighted by molar-refractivity contribution is 0.0487. The molecule has 72 valence electrons. The molecule has 5 heteroatoms. The Morgan fingerprint density at radius 3 is 2.85 bits per heavy atom. The SMILES string of the molecule is Cc1nnc(NCC2CC(O)C2)s1. The van der Waals surface area contributed by atoms with Crippen molar-refractivity contribution in [1.29, 1.82) is 0 Å². The van der Waals surface area contributed by atoms with Gasteiger partial charge in [-0.3, -0.25) is 0 Å². The van der Waals surface area contributed by atoms with Gasteiger partial charge in [0, 0.05) is 6.54 Å². The van der Waals surface area contributed by atoms with Crippen molar-refractivity contribution < 1.29 is 5.11 Å². The summed E-state index contributed by atoms with van der Waals surface area (Å²) in [6.45, 7) is 2.85. The molecule has 4 nitrogen and oxygen atoms in total. The van der Waals surface area contributed by atoms with Crippen LogP contribution in [0.2, 0.25) is 0 Å². The zero-order chi connectivity index (χ0) is 9.26. The van der Waals surface area contributed by atoms with E-state index in [2.05, 4.69) is 15.5 Å². The van der Waals surface area contributed by atoms with E-state index in [-0.39, 0.29) is 6.10 Å². The fraction of sp³-hybridized carbons (Fsp3) is 0.750. The van der Waals surface area contributed by atoms with Crippen LogP contribution in [0.25, 0.3) is 0 Å². The number of hydrogen-bond acceptors (Lipinski definition) is 5. The van der Waals surface area contributed by atoms with Crippen LogP contribution in [-0.4, -0.2) is 28.0 Å². The third-order valence-electron chi connectivity index (χ3n) is 2.28. The summed E-state index contributed by atoms with van der Waals surface area (Å²) in [7, 11) is 0. The molecule has 0 amide bonds. The largest absolute Gasteiger partial charge is 0.393 e. The van der Waals surface area contributed by atoms with E-state index in [0.717, 1.165) is 29.5 Å². The Balaban J connectivity index is 1.74. The topological polar surface area (TPSA) is 58.0 Å². The molecule has 1 aromatic heterocycles. The quantitative estimate of drug-likeness (QED) is 0.763. The minimum atomic E-state index is -0.0667. The molecule has 0 spiro atoms. The minimum Gasteiger partial charge on any atom is -0.393 e. The number of aromatic nitrogens is 2. The van der Waals surface area contributed by atoms with Gasteiger partial charge in [-0.15, -0.1) is 10.2 Å². The van der Waals surface area contributed by atoms with Gasteiger partial charge in [0.2, 0.25) is 5.13 Å². The molecule has 0 radical (unpaired) electrons. The first-order chi connectivity index (χ1) is 6.24. The number of hydrogen-bond donors (Lipinski definition) is 2. The summed E-state index contributed by atoms with van der Waals surface area (Å²) in [4.78, 5) is 0. The predicted molar refractivity (Wildman–Crippen MR) is 51.9 cm³/mol. The van der Waals surface area contributed by atoms with E-state index < -0.39 is 0 Å². The maximum Gasteiger partial charge on any atom is 0.205 e. The molecule has 1 aliphatic carbocycles. The lowest BCUT2D eigenvalue weighted by Crippen LogP contribution is -2.33. The summed E-state index contributed by atoms with van der Waals surface area (Å²) < 4.78 is 0. The van der Waals surface area contributed by atoms with Gasteiger partial charge in [-0.05, 0) is 25.7 Å². The zero-order valence-corrected chi connectivity index (χ0v) is 8.34. The van der Waals surface area contributed by atoms with E-state index in [0.29, 0.717) is 5.92 Å². The van der Waals surface area contributed by atoms with Gasteiger partial charge in [0.05, 0.1) is 6.10 Å². The average molecular weight is 199 g/mol. The van der Waals surface area contributed by atoms with Crippen molar-refractivity contribution in [2.45, 2.75) is 25.9 Å². The van der Waals surface area contributed by atoms with Crippen molar-refractivity contribution in [1.82, 2.24) is 10.2 Å². The molecule has 1 fully saturated rings. The maximum atomic E-state index is 9.07. The molecule has 0 unspecified atom stereocenters. The molecular weight excluding hydrogens is 186 g/mol. The van der Waals surface area contributed by atoms with Crippen LogP contribution in [0.3, 0.4) is 0 Å².